The molecule has 0 radical (unpaired) electrons. The summed E-state index contributed by atoms with van der Waals surface area (Å²) in [6.07, 6.45) is 4.15. The Hall–Kier alpha value is -1.75. The Balaban J connectivity index is 1.62. The molecule has 0 spiro atoms. The number of carbonyl (C=O) groups is 1. The van der Waals surface area contributed by atoms with Gasteiger partial charge in [-0.25, -0.2) is 0 Å². The van der Waals surface area contributed by atoms with Crippen molar-refractivity contribution in [2.45, 2.75) is 25.7 Å². The van der Waals surface area contributed by atoms with Gasteiger partial charge in [0, 0.05) is 31.3 Å². The second-order valence-electron chi connectivity index (χ2n) is 5.88. The molecule has 1 aromatic carbocycles. The molecule has 0 atom stereocenters. The number of methoxy groups -OCH3 is 1. The SMILES string of the molecule is COc1cc(N2CCCC2=O)ccc1OCCN1CCCC1. The van der Waals surface area contributed by atoms with Crippen LogP contribution in [0.25, 0.3) is 0 Å². The lowest BCUT2D eigenvalue weighted by atomic mass is 10.2. The predicted molar refractivity (Wildman–Crippen MR) is 85.8 cm³/mol. The predicted octanol–water partition coefficient (Wildman–Crippen LogP) is 2.30. The van der Waals surface area contributed by atoms with Crippen LogP contribution in [0, 0.1) is 0 Å². The summed E-state index contributed by atoms with van der Waals surface area (Å²) in [4.78, 5) is 16.1. The molecule has 1 amide bonds. The molecule has 2 aliphatic heterocycles. The molecule has 0 aliphatic carbocycles. The van der Waals surface area contributed by atoms with E-state index in [1.807, 2.05) is 23.1 Å². The maximum absolute atomic E-state index is 11.8. The van der Waals surface area contributed by atoms with Crippen LogP contribution < -0.4 is 14.4 Å². The zero-order valence-electron chi connectivity index (χ0n) is 13.2. The summed E-state index contributed by atoms with van der Waals surface area (Å²) in [7, 11) is 1.64. The average Bonchev–Trinajstić information content (AvgIpc) is 3.19. The molecule has 2 aliphatic rings. The number of nitrogens with zero attached hydrogens (tertiary/aromatic N) is 2. The van der Waals surface area contributed by atoms with Gasteiger partial charge in [-0.05, 0) is 44.5 Å². The monoisotopic (exact) mass is 304 g/mol. The lowest BCUT2D eigenvalue weighted by molar-refractivity contribution is -0.117. The Labute approximate surface area is 131 Å². The van der Waals surface area contributed by atoms with Gasteiger partial charge in [-0.15, -0.1) is 0 Å². The number of amides is 1. The Morgan fingerprint density at radius 1 is 1.09 bits per heavy atom. The summed E-state index contributed by atoms with van der Waals surface area (Å²) in [6.45, 7) is 4.76. The van der Waals surface area contributed by atoms with Crippen molar-refractivity contribution in [3.8, 4) is 11.5 Å². The Bertz CT molecular complexity index is 527. The number of benzene rings is 1. The van der Waals surface area contributed by atoms with Crippen molar-refractivity contribution < 1.29 is 14.3 Å². The second kappa shape index (κ2) is 7.01. The van der Waals surface area contributed by atoms with E-state index in [0.29, 0.717) is 18.8 Å². The third-order valence-electron chi connectivity index (χ3n) is 4.40. The highest BCUT2D eigenvalue weighted by atomic mass is 16.5. The van der Waals surface area contributed by atoms with Crippen molar-refractivity contribution in [3.05, 3.63) is 18.2 Å². The van der Waals surface area contributed by atoms with E-state index in [1.165, 1.54) is 25.9 Å². The third-order valence-corrected chi connectivity index (χ3v) is 4.40. The minimum absolute atomic E-state index is 0.185. The lowest BCUT2D eigenvalue weighted by Gasteiger charge is -2.19. The number of hydrogen-bond acceptors (Lipinski definition) is 4. The number of hydrogen-bond donors (Lipinski definition) is 0. The number of ether oxygens (including phenoxy) is 2. The average molecular weight is 304 g/mol. The van der Waals surface area contributed by atoms with E-state index in [1.54, 1.807) is 7.11 Å². The largest absolute Gasteiger partial charge is 0.493 e. The van der Waals surface area contributed by atoms with Crippen molar-refractivity contribution in [2.75, 3.05) is 44.8 Å². The number of likely N-dealkylation sites (tertiary alicyclic amines) is 1. The highest BCUT2D eigenvalue weighted by Gasteiger charge is 2.22. The van der Waals surface area contributed by atoms with Crippen LogP contribution in [0.2, 0.25) is 0 Å². The van der Waals surface area contributed by atoms with E-state index >= 15 is 0 Å². The van der Waals surface area contributed by atoms with Gasteiger partial charge in [0.1, 0.15) is 6.61 Å². The van der Waals surface area contributed by atoms with Crippen molar-refractivity contribution in [1.29, 1.82) is 0 Å². The summed E-state index contributed by atoms with van der Waals surface area (Å²) in [5.41, 5.74) is 0.895. The van der Waals surface area contributed by atoms with E-state index in [-0.39, 0.29) is 5.91 Å². The van der Waals surface area contributed by atoms with Crippen molar-refractivity contribution >= 4 is 11.6 Å². The van der Waals surface area contributed by atoms with Crippen LogP contribution in [0.5, 0.6) is 11.5 Å². The van der Waals surface area contributed by atoms with Crippen LogP contribution in [0.3, 0.4) is 0 Å². The first-order chi connectivity index (χ1) is 10.8. The van der Waals surface area contributed by atoms with Gasteiger partial charge in [-0.3, -0.25) is 9.69 Å². The van der Waals surface area contributed by atoms with Crippen molar-refractivity contribution in [1.82, 2.24) is 4.90 Å². The molecule has 120 valence electrons. The minimum Gasteiger partial charge on any atom is -0.493 e. The van der Waals surface area contributed by atoms with E-state index in [4.69, 9.17) is 9.47 Å². The molecule has 2 heterocycles. The van der Waals surface area contributed by atoms with Gasteiger partial charge < -0.3 is 14.4 Å². The molecule has 0 aromatic heterocycles. The number of anilines is 1. The zero-order chi connectivity index (χ0) is 15.4. The fourth-order valence-corrected chi connectivity index (χ4v) is 3.16. The van der Waals surface area contributed by atoms with Crippen LogP contribution in [-0.2, 0) is 4.79 Å². The van der Waals surface area contributed by atoms with Gasteiger partial charge in [0.2, 0.25) is 5.91 Å². The normalized spacial score (nSPS) is 19.0. The molecule has 5 heteroatoms. The Morgan fingerprint density at radius 2 is 1.91 bits per heavy atom. The molecular formula is C17H24N2O3. The molecule has 3 rings (SSSR count). The fraction of sp³-hybridized carbons (Fsp3) is 0.588. The molecule has 0 bridgehead atoms. The summed E-state index contributed by atoms with van der Waals surface area (Å²) >= 11 is 0. The summed E-state index contributed by atoms with van der Waals surface area (Å²) in [5, 5.41) is 0. The molecule has 0 unspecified atom stereocenters. The van der Waals surface area contributed by atoms with Gasteiger partial charge >= 0.3 is 0 Å². The van der Waals surface area contributed by atoms with Gasteiger partial charge in [-0.1, -0.05) is 0 Å². The van der Waals surface area contributed by atoms with Crippen molar-refractivity contribution in [3.63, 3.8) is 0 Å². The quantitative estimate of drug-likeness (QED) is 0.809. The summed E-state index contributed by atoms with van der Waals surface area (Å²) in [5.74, 6) is 1.63. The van der Waals surface area contributed by atoms with Crippen LogP contribution in [0.1, 0.15) is 25.7 Å². The van der Waals surface area contributed by atoms with Gasteiger partial charge in [0.15, 0.2) is 11.5 Å². The second-order valence-corrected chi connectivity index (χ2v) is 5.88. The molecule has 1 aromatic rings. The minimum atomic E-state index is 0.185. The third kappa shape index (κ3) is 3.35. The van der Waals surface area contributed by atoms with E-state index < -0.39 is 0 Å². The van der Waals surface area contributed by atoms with E-state index in [0.717, 1.165) is 30.9 Å². The first-order valence-electron chi connectivity index (χ1n) is 8.11. The Kier molecular flexibility index (Phi) is 4.83. The van der Waals surface area contributed by atoms with Crippen molar-refractivity contribution in [2.24, 2.45) is 0 Å². The lowest BCUT2D eigenvalue weighted by Crippen LogP contribution is -2.25. The van der Waals surface area contributed by atoms with Gasteiger partial charge in [0.05, 0.1) is 7.11 Å². The zero-order valence-corrected chi connectivity index (χ0v) is 13.2. The standard InChI is InChI=1S/C17H24N2O3/c1-21-16-13-14(19-10-4-5-17(19)20)6-7-15(16)22-12-11-18-8-2-3-9-18/h6-7,13H,2-5,8-12H2,1H3. The molecule has 2 saturated heterocycles. The van der Waals surface area contributed by atoms with Crippen LogP contribution in [0.4, 0.5) is 5.69 Å². The van der Waals surface area contributed by atoms with Crippen LogP contribution in [0.15, 0.2) is 18.2 Å². The van der Waals surface area contributed by atoms with Gasteiger partial charge in [0.25, 0.3) is 0 Å². The van der Waals surface area contributed by atoms with Gasteiger partial charge in [-0.2, -0.15) is 0 Å². The molecule has 0 saturated carbocycles. The first-order valence-corrected chi connectivity index (χ1v) is 8.11. The Morgan fingerprint density at radius 3 is 2.59 bits per heavy atom. The maximum Gasteiger partial charge on any atom is 0.227 e. The topological polar surface area (TPSA) is 42.0 Å². The molecular weight excluding hydrogens is 280 g/mol. The first kappa shape index (κ1) is 15.2. The molecule has 0 N–H and O–H groups in total. The molecule has 5 nitrogen and oxygen atoms in total. The molecule has 2 fully saturated rings. The molecule has 22 heavy (non-hydrogen) atoms. The van der Waals surface area contributed by atoms with Crippen LogP contribution >= 0.6 is 0 Å². The number of rotatable bonds is 6. The number of carbonyl (C=O) groups excluding carboxylic acids is 1. The van der Waals surface area contributed by atoms with E-state index in [2.05, 4.69) is 4.90 Å². The maximum atomic E-state index is 11.8. The smallest absolute Gasteiger partial charge is 0.227 e. The highest BCUT2D eigenvalue weighted by Crippen LogP contribution is 2.33. The summed E-state index contributed by atoms with van der Waals surface area (Å²) in [6, 6.07) is 5.75. The summed E-state index contributed by atoms with van der Waals surface area (Å²) < 4.78 is 11.3. The van der Waals surface area contributed by atoms with Crippen LogP contribution in [-0.4, -0.2) is 50.7 Å². The van der Waals surface area contributed by atoms with E-state index in [9.17, 15) is 4.79 Å². The fourth-order valence-electron chi connectivity index (χ4n) is 3.16. The highest BCUT2D eigenvalue weighted by molar-refractivity contribution is 5.95.